The molecule has 0 radical (unpaired) electrons. The fraction of sp³-hybridized carbons (Fsp3) is 0.0909. The van der Waals surface area contributed by atoms with Crippen molar-refractivity contribution in [3.8, 4) is 10.6 Å². The molecular weight excluding hydrogens is 309 g/mol. The van der Waals surface area contributed by atoms with Crippen LogP contribution in [0.2, 0.25) is 0 Å². The van der Waals surface area contributed by atoms with Gasteiger partial charge in [-0.15, -0.1) is 11.3 Å². The van der Waals surface area contributed by atoms with Crippen molar-refractivity contribution in [2.45, 2.75) is 6.42 Å². The molecule has 1 aromatic carbocycles. The minimum Gasteiger partial charge on any atom is -0.481 e. The van der Waals surface area contributed by atoms with Gasteiger partial charge in [0.25, 0.3) is 0 Å². The number of benzene rings is 1. The minimum atomic E-state index is -0.948. The summed E-state index contributed by atoms with van der Waals surface area (Å²) in [6.07, 6.45) is -0.147. The van der Waals surface area contributed by atoms with E-state index in [1.807, 2.05) is 0 Å². The third-order valence-electron chi connectivity index (χ3n) is 2.04. The molecule has 2 aromatic rings. The van der Waals surface area contributed by atoms with Gasteiger partial charge in [-0.25, -0.2) is 9.37 Å². The molecule has 0 atom stereocenters. The first-order valence-electron chi connectivity index (χ1n) is 4.68. The van der Waals surface area contributed by atoms with E-state index in [-0.39, 0.29) is 12.2 Å². The Hall–Kier alpha value is -1.27. The van der Waals surface area contributed by atoms with Crippen molar-refractivity contribution in [2.24, 2.45) is 0 Å². The van der Waals surface area contributed by atoms with Gasteiger partial charge in [0.1, 0.15) is 10.8 Å². The van der Waals surface area contributed by atoms with Crippen LogP contribution >= 0.6 is 27.3 Å². The second-order valence-corrected chi connectivity index (χ2v) is 5.11. The van der Waals surface area contributed by atoms with Crippen LogP contribution < -0.4 is 0 Å². The van der Waals surface area contributed by atoms with E-state index in [4.69, 9.17) is 5.11 Å². The van der Waals surface area contributed by atoms with E-state index in [2.05, 4.69) is 20.9 Å². The van der Waals surface area contributed by atoms with Crippen LogP contribution in [0.4, 0.5) is 4.39 Å². The topological polar surface area (TPSA) is 50.2 Å². The fourth-order valence-electron chi connectivity index (χ4n) is 1.33. The molecule has 0 aliphatic carbocycles. The Morgan fingerprint density at radius 1 is 1.53 bits per heavy atom. The maximum absolute atomic E-state index is 13.6. The Morgan fingerprint density at radius 2 is 2.29 bits per heavy atom. The average Bonchev–Trinajstić information content (AvgIpc) is 2.69. The number of carboxylic acid groups (broad SMARTS) is 1. The molecule has 0 aliphatic rings. The first-order valence-corrected chi connectivity index (χ1v) is 6.35. The first kappa shape index (κ1) is 12.2. The van der Waals surface area contributed by atoms with E-state index in [0.29, 0.717) is 16.3 Å². The van der Waals surface area contributed by atoms with Crippen molar-refractivity contribution < 1.29 is 14.3 Å². The van der Waals surface area contributed by atoms with Gasteiger partial charge in [-0.2, -0.15) is 0 Å². The maximum Gasteiger partial charge on any atom is 0.309 e. The Bertz CT molecular complexity index is 570. The molecule has 0 bridgehead atoms. The van der Waals surface area contributed by atoms with Crippen molar-refractivity contribution in [1.82, 2.24) is 4.98 Å². The standard InChI is InChI=1S/C11H7BrFNO2S/c12-6-1-2-9(13)8(3-6)11-14-7(5-17-11)4-10(15)16/h1-3,5H,4H2,(H,15,16). The Labute approximate surface area is 109 Å². The van der Waals surface area contributed by atoms with Gasteiger partial charge in [0.15, 0.2) is 0 Å². The van der Waals surface area contributed by atoms with Crippen molar-refractivity contribution in [3.05, 3.63) is 39.6 Å². The van der Waals surface area contributed by atoms with Crippen LogP contribution in [-0.2, 0) is 11.2 Å². The third kappa shape index (κ3) is 2.89. The smallest absolute Gasteiger partial charge is 0.309 e. The van der Waals surface area contributed by atoms with Crippen LogP contribution in [0.15, 0.2) is 28.1 Å². The molecule has 0 saturated carbocycles. The fourth-order valence-corrected chi connectivity index (χ4v) is 2.53. The number of rotatable bonds is 3. The van der Waals surface area contributed by atoms with Gasteiger partial charge in [-0.05, 0) is 18.2 Å². The van der Waals surface area contributed by atoms with Crippen molar-refractivity contribution in [3.63, 3.8) is 0 Å². The van der Waals surface area contributed by atoms with Crippen molar-refractivity contribution >= 4 is 33.2 Å². The molecule has 3 nitrogen and oxygen atoms in total. The lowest BCUT2D eigenvalue weighted by Crippen LogP contribution is -2.00. The quantitative estimate of drug-likeness (QED) is 0.945. The van der Waals surface area contributed by atoms with E-state index in [9.17, 15) is 9.18 Å². The largest absolute Gasteiger partial charge is 0.481 e. The highest BCUT2D eigenvalue weighted by Gasteiger charge is 2.11. The van der Waals surface area contributed by atoms with Gasteiger partial charge >= 0.3 is 5.97 Å². The number of halogens is 2. The van der Waals surface area contributed by atoms with E-state index in [0.717, 1.165) is 4.47 Å². The van der Waals surface area contributed by atoms with Gasteiger partial charge in [-0.3, -0.25) is 4.79 Å². The molecule has 1 aromatic heterocycles. The minimum absolute atomic E-state index is 0.147. The third-order valence-corrected chi connectivity index (χ3v) is 3.46. The van der Waals surface area contributed by atoms with Crippen LogP contribution in [-0.4, -0.2) is 16.1 Å². The van der Waals surface area contributed by atoms with E-state index in [1.54, 1.807) is 17.5 Å². The number of hydrogen-bond donors (Lipinski definition) is 1. The predicted octanol–water partition coefficient (Wildman–Crippen LogP) is 3.34. The number of aliphatic carboxylic acids is 1. The number of hydrogen-bond acceptors (Lipinski definition) is 3. The zero-order chi connectivity index (χ0) is 12.4. The molecule has 0 fully saturated rings. The molecule has 1 heterocycles. The second-order valence-electron chi connectivity index (χ2n) is 3.34. The predicted molar refractivity (Wildman–Crippen MR) is 66.5 cm³/mol. The van der Waals surface area contributed by atoms with Crippen LogP contribution in [0, 0.1) is 5.82 Å². The lowest BCUT2D eigenvalue weighted by molar-refractivity contribution is -0.136. The van der Waals surface area contributed by atoms with Gasteiger partial charge in [0, 0.05) is 15.4 Å². The number of carboxylic acids is 1. The summed E-state index contributed by atoms with van der Waals surface area (Å²) >= 11 is 4.49. The highest BCUT2D eigenvalue weighted by molar-refractivity contribution is 9.10. The SMILES string of the molecule is O=C(O)Cc1csc(-c2cc(Br)ccc2F)n1. The summed E-state index contributed by atoms with van der Waals surface area (Å²) in [6, 6.07) is 4.57. The summed E-state index contributed by atoms with van der Waals surface area (Å²) in [7, 11) is 0. The Kier molecular flexibility index (Phi) is 3.54. The molecule has 0 saturated heterocycles. The maximum atomic E-state index is 13.6. The summed E-state index contributed by atoms with van der Waals surface area (Å²) in [5.74, 6) is -1.32. The van der Waals surface area contributed by atoms with Gasteiger partial charge in [-0.1, -0.05) is 15.9 Å². The lowest BCUT2D eigenvalue weighted by Gasteiger charge is -1.99. The second kappa shape index (κ2) is 4.93. The molecule has 17 heavy (non-hydrogen) atoms. The monoisotopic (exact) mass is 315 g/mol. The highest BCUT2D eigenvalue weighted by atomic mass is 79.9. The summed E-state index contributed by atoms with van der Waals surface area (Å²) in [5, 5.41) is 10.7. The van der Waals surface area contributed by atoms with Gasteiger partial charge in [0.05, 0.1) is 12.1 Å². The zero-order valence-corrected chi connectivity index (χ0v) is 10.9. The van der Waals surface area contributed by atoms with Crippen LogP contribution in [0.5, 0.6) is 0 Å². The van der Waals surface area contributed by atoms with Crippen LogP contribution in [0.1, 0.15) is 5.69 Å². The van der Waals surface area contributed by atoms with Crippen LogP contribution in [0.3, 0.4) is 0 Å². The molecule has 88 valence electrons. The molecule has 0 unspecified atom stereocenters. The number of nitrogens with zero attached hydrogens (tertiary/aromatic N) is 1. The summed E-state index contributed by atoms with van der Waals surface area (Å²) < 4.78 is 14.3. The summed E-state index contributed by atoms with van der Waals surface area (Å²) in [5.41, 5.74) is 0.817. The van der Waals surface area contributed by atoms with Crippen molar-refractivity contribution in [2.75, 3.05) is 0 Å². The number of carbonyl (C=O) groups is 1. The number of aromatic nitrogens is 1. The lowest BCUT2D eigenvalue weighted by atomic mass is 10.2. The van der Waals surface area contributed by atoms with E-state index >= 15 is 0 Å². The zero-order valence-electron chi connectivity index (χ0n) is 8.48. The highest BCUT2D eigenvalue weighted by Crippen LogP contribution is 2.29. The van der Waals surface area contributed by atoms with E-state index in [1.165, 1.54) is 17.4 Å². The summed E-state index contributed by atoms with van der Waals surface area (Å²) in [6.45, 7) is 0. The average molecular weight is 316 g/mol. The molecule has 6 heteroatoms. The first-order chi connectivity index (χ1) is 8.06. The molecule has 0 amide bonds. The molecule has 0 aliphatic heterocycles. The Morgan fingerprint density at radius 3 is 3.00 bits per heavy atom. The molecular formula is C11H7BrFNO2S. The normalized spacial score (nSPS) is 10.5. The van der Waals surface area contributed by atoms with Crippen LogP contribution in [0.25, 0.3) is 10.6 Å². The summed E-state index contributed by atoms with van der Waals surface area (Å²) in [4.78, 5) is 14.6. The van der Waals surface area contributed by atoms with Crippen molar-refractivity contribution in [1.29, 1.82) is 0 Å². The van der Waals surface area contributed by atoms with Gasteiger partial charge in [0.2, 0.25) is 0 Å². The van der Waals surface area contributed by atoms with Gasteiger partial charge < -0.3 is 5.11 Å². The molecule has 0 spiro atoms. The van der Waals surface area contributed by atoms with E-state index < -0.39 is 5.97 Å². The number of thiazole rings is 1. The molecule has 1 N–H and O–H groups in total. The molecule has 2 rings (SSSR count). The Balaban J connectivity index is 2.36.